The van der Waals surface area contributed by atoms with E-state index in [0.717, 1.165) is 35.7 Å². The summed E-state index contributed by atoms with van der Waals surface area (Å²) in [5.74, 6) is 0.259. The molecule has 326 valence electrons. The Bertz CT molecular complexity index is 2320. The second kappa shape index (κ2) is 17.0. The SMILES string of the molecule is Cl.Cl.[CH2]=[Zr]([C]1=CC(C(C)(C)C)=CC1CCCC)([c]1ccc(Cl)cc1)([c]1ccc(Cl)cc1)[c]1c2c(cc(C(C)(C)C)c1C(C)(C)C)-c1cc(C(C)(C)C)c(C(C)(C)C)cc1C2. The summed E-state index contributed by atoms with van der Waals surface area (Å²) in [6.07, 6.45) is 9.58. The zero-order valence-corrected chi connectivity index (χ0v) is 45.3. The van der Waals surface area contributed by atoms with Crippen molar-refractivity contribution in [2.45, 2.75) is 158 Å². The van der Waals surface area contributed by atoms with Gasteiger partial charge in [0.05, 0.1) is 0 Å². The molecule has 0 aromatic heterocycles. The van der Waals surface area contributed by atoms with Crippen molar-refractivity contribution in [2.24, 2.45) is 11.3 Å². The molecule has 2 aliphatic carbocycles. The Kier molecular flexibility index (Phi) is 14.4. The van der Waals surface area contributed by atoms with E-state index in [9.17, 15) is 0 Å². The number of hydrogen-bond acceptors (Lipinski definition) is 0. The Morgan fingerprint density at radius 3 is 1.47 bits per heavy atom. The molecule has 4 aromatic rings. The van der Waals surface area contributed by atoms with Gasteiger partial charge in [-0.25, -0.2) is 0 Å². The van der Waals surface area contributed by atoms with E-state index in [0.29, 0.717) is 0 Å². The molecule has 0 radical (unpaired) electrons. The molecule has 5 heteroatoms. The molecule has 60 heavy (non-hydrogen) atoms. The minimum absolute atomic E-state index is 0. The Morgan fingerprint density at radius 2 is 1.05 bits per heavy atom. The Hall–Kier alpha value is -1.73. The van der Waals surface area contributed by atoms with Crippen molar-refractivity contribution in [1.29, 1.82) is 0 Å². The van der Waals surface area contributed by atoms with Gasteiger partial charge in [0.2, 0.25) is 0 Å². The summed E-state index contributed by atoms with van der Waals surface area (Å²) >= 11 is 8.28. The van der Waals surface area contributed by atoms with Crippen LogP contribution in [0.15, 0.2) is 87.7 Å². The van der Waals surface area contributed by atoms with E-state index in [1.807, 2.05) is 0 Å². The zero-order valence-electron chi connectivity index (χ0n) is 39.7. The van der Waals surface area contributed by atoms with Crippen molar-refractivity contribution in [3.8, 4) is 11.1 Å². The van der Waals surface area contributed by atoms with E-state index in [1.54, 1.807) is 3.28 Å². The zero-order chi connectivity index (χ0) is 43.2. The number of rotatable bonds is 7. The third-order valence-corrected chi connectivity index (χ3v) is 30.4. The second-order valence-electron chi connectivity index (χ2n) is 23.1. The van der Waals surface area contributed by atoms with Gasteiger partial charge < -0.3 is 0 Å². The van der Waals surface area contributed by atoms with Crippen molar-refractivity contribution in [3.05, 3.63) is 131 Å². The standard InChI is InChI=1S/C29H41.C13H21.2C6H4Cl.CH2.2ClH.Zr/c1-26(2,3)22-14-18-13-19-15-23(27(4,5)6)25(29(10,11)12)17-21(19)20(18)16-24(22)28(7,8)9;1-5-6-7-11-8-9-12(10-11)13(2,3)4;2*7-6-4-2-1-3-5-6;;;;/h14,16-17H,13H2,1-12H3;9-11H,5-7H2,1-4H3;2*2-5H;1H2;2*1H;. The van der Waals surface area contributed by atoms with Crippen LogP contribution in [0.1, 0.15) is 163 Å². The average molecular weight is 968 g/mol. The molecule has 0 fully saturated rings. The van der Waals surface area contributed by atoms with Crippen LogP contribution in [0, 0.1) is 11.3 Å². The summed E-state index contributed by atoms with van der Waals surface area (Å²) in [7, 11) is 0. The number of unbranched alkanes of at least 4 members (excludes halogenated alkanes) is 1. The summed E-state index contributed by atoms with van der Waals surface area (Å²) in [6, 6.07) is 25.8. The molecule has 0 amide bonds. The van der Waals surface area contributed by atoms with Crippen LogP contribution in [0.4, 0.5) is 0 Å². The van der Waals surface area contributed by atoms with Gasteiger partial charge in [0.1, 0.15) is 0 Å². The topological polar surface area (TPSA) is 0 Å². The molecule has 2 aliphatic rings. The summed E-state index contributed by atoms with van der Waals surface area (Å²) in [5.41, 5.74) is 12.6. The van der Waals surface area contributed by atoms with Crippen LogP contribution in [-0.2, 0) is 46.4 Å². The molecule has 0 saturated heterocycles. The molecule has 0 nitrogen and oxygen atoms in total. The fourth-order valence-electron chi connectivity index (χ4n) is 10.5. The van der Waals surface area contributed by atoms with Gasteiger partial charge in [-0.3, -0.25) is 0 Å². The van der Waals surface area contributed by atoms with E-state index in [1.165, 1.54) is 59.9 Å². The van der Waals surface area contributed by atoms with Crippen molar-refractivity contribution in [2.75, 3.05) is 0 Å². The van der Waals surface area contributed by atoms with Crippen molar-refractivity contribution >= 4 is 62.0 Å². The van der Waals surface area contributed by atoms with Crippen LogP contribution in [0.2, 0.25) is 10.0 Å². The van der Waals surface area contributed by atoms with Crippen molar-refractivity contribution in [1.82, 2.24) is 0 Å². The molecular formula is C55H74Cl4Zr. The van der Waals surface area contributed by atoms with Crippen molar-refractivity contribution in [3.63, 3.8) is 0 Å². The van der Waals surface area contributed by atoms with E-state index in [2.05, 4.69) is 190 Å². The maximum absolute atomic E-state index is 6.87. The van der Waals surface area contributed by atoms with E-state index in [-0.39, 0.29) is 57.8 Å². The quantitative estimate of drug-likeness (QED) is 0.152. The molecule has 1 atom stereocenters. The normalized spacial score (nSPS) is 16.1. The molecule has 0 spiro atoms. The van der Waals surface area contributed by atoms with Crippen LogP contribution in [0.25, 0.3) is 11.1 Å². The van der Waals surface area contributed by atoms with Crippen LogP contribution >= 0.6 is 48.0 Å². The number of fused-ring (bicyclic) bond motifs is 3. The molecule has 1 unspecified atom stereocenters. The molecule has 0 aliphatic heterocycles. The van der Waals surface area contributed by atoms with Gasteiger partial charge in [-0.05, 0) is 0 Å². The van der Waals surface area contributed by atoms with Gasteiger partial charge in [0.25, 0.3) is 0 Å². The summed E-state index contributed by atoms with van der Waals surface area (Å²) in [4.78, 5) is 0. The monoisotopic (exact) mass is 964 g/mol. The van der Waals surface area contributed by atoms with Gasteiger partial charge in [-0.1, -0.05) is 0 Å². The predicted molar refractivity (Wildman–Crippen MR) is 272 cm³/mol. The minimum atomic E-state index is -5.45. The van der Waals surface area contributed by atoms with Gasteiger partial charge in [0, 0.05) is 0 Å². The first-order chi connectivity index (χ1) is 26.5. The first-order valence-corrected chi connectivity index (χ1v) is 29.3. The number of hydrogen-bond donors (Lipinski definition) is 0. The predicted octanol–water partition coefficient (Wildman–Crippen LogP) is 15.7. The van der Waals surface area contributed by atoms with Crippen LogP contribution in [0.3, 0.4) is 0 Å². The second-order valence-corrected chi connectivity index (χ2v) is 36.6. The molecule has 0 saturated carbocycles. The molecular weight excluding hydrogens is 894 g/mol. The van der Waals surface area contributed by atoms with Crippen molar-refractivity contribution < 1.29 is 18.3 Å². The Balaban J connectivity index is 0.00000397. The first kappa shape index (κ1) is 50.9. The van der Waals surface area contributed by atoms with Gasteiger partial charge in [0.15, 0.2) is 0 Å². The average Bonchev–Trinajstić information content (AvgIpc) is 3.70. The molecule has 0 bridgehead atoms. The number of halogens is 4. The maximum atomic E-state index is 6.87. The van der Waals surface area contributed by atoms with E-state index >= 15 is 0 Å². The molecule has 4 aromatic carbocycles. The summed E-state index contributed by atoms with van der Waals surface area (Å²) in [5, 5.41) is 1.50. The number of benzene rings is 4. The van der Waals surface area contributed by atoms with Crippen LogP contribution < -0.4 is 9.81 Å². The van der Waals surface area contributed by atoms with Crippen LogP contribution in [0.5, 0.6) is 0 Å². The van der Waals surface area contributed by atoms with E-state index < -0.39 is 18.3 Å². The fourth-order valence-corrected chi connectivity index (χ4v) is 28.3. The van der Waals surface area contributed by atoms with Crippen LogP contribution in [-0.4, -0.2) is 4.21 Å². The molecule has 6 rings (SSSR count). The summed E-state index contributed by atoms with van der Waals surface area (Å²) in [6.45, 7) is 38.3. The van der Waals surface area contributed by atoms with Gasteiger partial charge >= 0.3 is 367 Å². The van der Waals surface area contributed by atoms with Gasteiger partial charge in [-0.15, -0.1) is 24.8 Å². The third-order valence-electron chi connectivity index (χ3n) is 13.5. The Morgan fingerprint density at radius 1 is 0.600 bits per heavy atom. The molecule has 0 N–H and O–H groups in total. The van der Waals surface area contributed by atoms with E-state index in [4.69, 9.17) is 27.4 Å². The third kappa shape index (κ3) is 8.74. The number of allylic oxidation sites excluding steroid dienone is 4. The van der Waals surface area contributed by atoms with Gasteiger partial charge in [-0.2, -0.15) is 0 Å². The molecule has 0 heterocycles. The fraction of sp³-hybridized carbons (Fsp3) is 0.473. The Labute approximate surface area is 388 Å². The first-order valence-electron chi connectivity index (χ1n) is 21.9. The summed E-state index contributed by atoms with van der Waals surface area (Å²) < 4.78 is 11.9.